The van der Waals surface area contributed by atoms with Crippen LogP contribution in [0.4, 0.5) is 26.1 Å². The molecule has 3 heterocycles. The molecule has 0 spiro atoms. The molecule has 0 fully saturated rings. The maximum Gasteiger partial charge on any atom is 0.307 e. The van der Waals surface area contributed by atoms with E-state index in [2.05, 4.69) is 19.9 Å². The van der Waals surface area contributed by atoms with Crippen molar-refractivity contribution in [2.75, 3.05) is 19.0 Å². The average molecular weight is 453 g/mol. The number of halogens is 2. The fraction of sp³-hybridized carbons (Fsp3) is 0.182. The van der Waals surface area contributed by atoms with Gasteiger partial charge in [-0.3, -0.25) is 10.1 Å². The summed E-state index contributed by atoms with van der Waals surface area (Å²) in [5.41, 5.74) is 1.69. The number of ether oxygens (including phenoxy) is 2. The van der Waals surface area contributed by atoms with E-state index in [-0.39, 0.29) is 23.1 Å². The second kappa shape index (κ2) is 8.10. The van der Waals surface area contributed by atoms with Crippen LogP contribution in [0, 0.1) is 21.7 Å². The average Bonchev–Trinajstić information content (AvgIpc) is 3.15. The molecule has 0 saturated heterocycles. The van der Waals surface area contributed by atoms with Crippen LogP contribution < -0.4 is 10.1 Å². The number of nitro groups is 1. The number of hydrogen-bond acceptors (Lipinski definition) is 7. The van der Waals surface area contributed by atoms with E-state index in [1.165, 1.54) is 7.11 Å². The van der Waals surface area contributed by atoms with E-state index in [9.17, 15) is 18.9 Å². The van der Waals surface area contributed by atoms with Crippen molar-refractivity contribution < 1.29 is 23.2 Å². The van der Waals surface area contributed by atoms with Gasteiger partial charge in [0.2, 0.25) is 11.8 Å². The van der Waals surface area contributed by atoms with Gasteiger partial charge in [-0.15, -0.1) is 0 Å². The first-order chi connectivity index (χ1) is 16.0. The molecular formula is C22H17F2N5O4. The zero-order valence-electron chi connectivity index (χ0n) is 17.3. The lowest BCUT2D eigenvalue weighted by atomic mass is 10.1. The van der Waals surface area contributed by atoms with Crippen LogP contribution in [0.15, 0.2) is 42.6 Å². The van der Waals surface area contributed by atoms with Gasteiger partial charge in [0, 0.05) is 35.1 Å². The number of nitrogens with zero attached hydrogens (tertiary/aromatic N) is 4. The van der Waals surface area contributed by atoms with Gasteiger partial charge in [0.15, 0.2) is 5.82 Å². The molecule has 33 heavy (non-hydrogen) atoms. The summed E-state index contributed by atoms with van der Waals surface area (Å²) in [5, 5.41) is 14.7. The second-order valence-electron chi connectivity index (χ2n) is 7.32. The standard InChI is InChI=1S/C22H17F2N5O4/c1-32-19-8-13(23)17(29(30)31)9-15(19)26-22-25-10-14(24)21(27-22)20-12-4-2-3-5-16(12)28-6-7-33-11-18(20)28/h2-5,8-10H,6-7,11H2,1H3,(H,25,26,27). The summed E-state index contributed by atoms with van der Waals surface area (Å²) in [4.78, 5) is 18.6. The Hall–Kier alpha value is -4.12. The lowest BCUT2D eigenvalue weighted by molar-refractivity contribution is -0.387. The molecule has 0 saturated carbocycles. The molecule has 0 unspecified atom stereocenters. The van der Waals surface area contributed by atoms with E-state index in [1.54, 1.807) is 0 Å². The molecule has 5 rings (SSSR count). The van der Waals surface area contributed by atoms with Crippen molar-refractivity contribution in [2.45, 2.75) is 13.2 Å². The molecule has 1 aliphatic heterocycles. The number of nitrogens with one attached hydrogen (secondary N) is 1. The fourth-order valence-electron chi connectivity index (χ4n) is 4.02. The highest BCUT2D eigenvalue weighted by Gasteiger charge is 2.25. The maximum absolute atomic E-state index is 15.0. The van der Waals surface area contributed by atoms with Gasteiger partial charge in [-0.05, 0) is 6.07 Å². The van der Waals surface area contributed by atoms with Crippen molar-refractivity contribution in [3.05, 3.63) is 70.0 Å². The van der Waals surface area contributed by atoms with Crippen LogP contribution in [-0.2, 0) is 17.9 Å². The third-order valence-electron chi connectivity index (χ3n) is 5.47. The molecular weight excluding hydrogens is 436 g/mol. The Bertz CT molecular complexity index is 1410. The van der Waals surface area contributed by atoms with Crippen LogP contribution in [0.25, 0.3) is 22.2 Å². The minimum atomic E-state index is -1.05. The highest BCUT2D eigenvalue weighted by atomic mass is 19.1. The normalized spacial score (nSPS) is 13.1. The van der Waals surface area contributed by atoms with Crippen molar-refractivity contribution in [1.29, 1.82) is 0 Å². The Kier molecular flexibility index (Phi) is 5.09. The Morgan fingerprint density at radius 3 is 2.85 bits per heavy atom. The predicted octanol–water partition coefficient (Wildman–Crippen LogP) is 4.57. The monoisotopic (exact) mass is 453 g/mol. The molecule has 1 aliphatic rings. The zero-order valence-corrected chi connectivity index (χ0v) is 17.3. The molecule has 9 nitrogen and oxygen atoms in total. The lowest BCUT2D eigenvalue weighted by Gasteiger charge is -2.18. The van der Waals surface area contributed by atoms with E-state index in [4.69, 9.17) is 9.47 Å². The Labute approximate surface area is 185 Å². The Morgan fingerprint density at radius 2 is 2.06 bits per heavy atom. The number of benzene rings is 2. The molecule has 4 aromatic rings. The molecule has 0 bridgehead atoms. The van der Waals surface area contributed by atoms with Crippen LogP contribution in [0.2, 0.25) is 0 Å². The van der Waals surface area contributed by atoms with Gasteiger partial charge < -0.3 is 19.4 Å². The first kappa shape index (κ1) is 20.8. The third kappa shape index (κ3) is 3.52. The van der Waals surface area contributed by atoms with Gasteiger partial charge >= 0.3 is 5.69 Å². The minimum Gasteiger partial charge on any atom is -0.494 e. The number of hydrogen-bond donors (Lipinski definition) is 1. The van der Waals surface area contributed by atoms with Gasteiger partial charge in [-0.25, -0.2) is 14.4 Å². The number of fused-ring (bicyclic) bond motifs is 3. The van der Waals surface area contributed by atoms with Gasteiger partial charge in [0.25, 0.3) is 0 Å². The predicted molar refractivity (Wildman–Crippen MR) is 115 cm³/mol. The Balaban J connectivity index is 1.63. The van der Waals surface area contributed by atoms with Crippen LogP contribution in [0.1, 0.15) is 5.69 Å². The first-order valence-corrected chi connectivity index (χ1v) is 9.97. The van der Waals surface area contributed by atoms with Gasteiger partial charge in [0.05, 0.1) is 42.8 Å². The molecule has 1 N–H and O–H groups in total. The molecule has 11 heteroatoms. The molecule has 168 valence electrons. The van der Waals surface area contributed by atoms with E-state index >= 15 is 0 Å². The minimum absolute atomic E-state index is 0.00710. The van der Waals surface area contributed by atoms with Gasteiger partial charge in [-0.1, -0.05) is 18.2 Å². The van der Waals surface area contributed by atoms with Crippen molar-refractivity contribution >= 4 is 28.2 Å². The quantitative estimate of drug-likeness (QED) is 0.349. The number of aromatic nitrogens is 3. The van der Waals surface area contributed by atoms with E-state index in [0.29, 0.717) is 25.3 Å². The molecule has 0 radical (unpaired) electrons. The van der Waals surface area contributed by atoms with Crippen molar-refractivity contribution in [3.8, 4) is 17.0 Å². The summed E-state index contributed by atoms with van der Waals surface area (Å²) in [6, 6.07) is 9.47. The van der Waals surface area contributed by atoms with E-state index < -0.39 is 22.2 Å². The van der Waals surface area contributed by atoms with Gasteiger partial charge in [0.1, 0.15) is 11.4 Å². The fourth-order valence-corrected chi connectivity index (χ4v) is 4.02. The largest absolute Gasteiger partial charge is 0.494 e. The first-order valence-electron chi connectivity index (χ1n) is 9.97. The summed E-state index contributed by atoms with van der Waals surface area (Å²) in [6.07, 6.45) is 1.01. The summed E-state index contributed by atoms with van der Waals surface area (Å²) in [5.74, 6) is -1.71. The SMILES string of the molecule is COc1cc(F)c([N+](=O)[O-])cc1Nc1ncc(F)c(-c2c3n(c4ccccc24)CCOC3)n1. The molecule has 0 atom stereocenters. The molecule has 2 aromatic heterocycles. The van der Waals surface area contributed by atoms with Crippen molar-refractivity contribution in [1.82, 2.24) is 14.5 Å². The number of para-hydroxylation sites is 1. The number of nitro benzene ring substituents is 1. The third-order valence-corrected chi connectivity index (χ3v) is 5.47. The van der Waals surface area contributed by atoms with Crippen LogP contribution in [-0.4, -0.2) is 33.2 Å². The summed E-state index contributed by atoms with van der Waals surface area (Å²) < 4.78 is 41.8. The topological polar surface area (TPSA) is 104 Å². The second-order valence-corrected chi connectivity index (χ2v) is 7.32. The lowest BCUT2D eigenvalue weighted by Crippen LogP contribution is -2.16. The van der Waals surface area contributed by atoms with E-state index in [1.807, 2.05) is 24.3 Å². The van der Waals surface area contributed by atoms with Crippen LogP contribution in [0.3, 0.4) is 0 Å². The van der Waals surface area contributed by atoms with Crippen molar-refractivity contribution in [2.24, 2.45) is 0 Å². The summed E-state index contributed by atoms with van der Waals surface area (Å²) >= 11 is 0. The molecule has 0 amide bonds. The molecule has 2 aromatic carbocycles. The summed E-state index contributed by atoms with van der Waals surface area (Å²) in [6.45, 7) is 1.48. The smallest absolute Gasteiger partial charge is 0.307 e. The number of methoxy groups -OCH3 is 1. The summed E-state index contributed by atoms with van der Waals surface area (Å²) in [7, 11) is 1.29. The van der Waals surface area contributed by atoms with Crippen molar-refractivity contribution in [3.63, 3.8) is 0 Å². The van der Waals surface area contributed by atoms with Gasteiger partial charge in [-0.2, -0.15) is 4.39 Å². The number of rotatable bonds is 5. The number of anilines is 2. The van der Waals surface area contributed by atoms with Crippen LogP contribution in [0.5, 0.6) is 5.75 Å². The van der Waals surface area contributed by atoms with E-state index in [0.717, 1.165) is 34.9 Å². The zero-order chi connectivity index (χ0) is 23.1. The van der Waals surface area contributed by atoms with Crippen LogP contribution >= 0.6 is 0 Å². The highest BCUT2D eigenvalue weighted by molar-refractivity contribution is 5.97. The Morgan fingerprint density at radius 1 is 1.24 bits per heavy atom. The highest BCUT2D eigenvalue weighted by Crippen LogP contribution is 2.38. The molecule has 0 aliphatic carbocycles. The maximum atomic E-state index is 15.0.